The molecule has 1 amide bonds. The first-order chi connectivity index (χ1) is 17.5. The Morgan fingerprint density at radius 1 is 0.861 bits per heavy atom. The van der Waals surface area contributed by atoms with Crippen LogP contribution in [0.3, 0.4) is 0 Å². The van der Waals surface area contributed by atoms with E-state index in [9.17, 15) is 13.2 Å². The highest BCUT2D eigenvalue weighted by Crippen LogP contribution is 2.21. The Morgan fingerprint density at radius 3 is 2.28 bits per heavy atom. The maximum absolute atomic E-state index is 12.8. The quantitative estimate of drug-likeness (QED) is 0.531. The predicted molar refractivity (Wildman–Crippen MR) is 140 cm³/mol. The van der Waals surface area contributed by atoms with Gasteiger partial charge in [0.15, 0.2) is 0 Å². The van der Waals surface area contributed by atoms with Gasteiger partial charge in [0.05, 0.1) is 18.1 Å². The van der Waals surface area contributed by atoms with E-state index in [2.05, 4.69) is 34.5 Å². The Balaban J connectivity index is 1.14. The fourth-order valence-corrected chi connectivity index (χ4v) is 6.11. The normalized spacial score (nSPS) is 16.9. The average molecular weight is 506 g/mol. The van der Waals surface area contributed by atoms with Crippen molar-refractivity contribution in [1.29, 1.82) is 0 Å². The predicted octanol–water partition coefficient (Wildman–Crippen LogP) is 3.56. The minimum Gasteiger partial charge on any atom is -0.379 e. The monoisotopic (exact) mass is 505 g/mol. The van der Waals surface area contributed by atoms with E-state index in [1.807, 2.05) is 24.3 Å². The standard InChI is InChI=1S/C28H31N3O4S/c32-28(29-26-9-11-27(12-10-26)36(33,34)31-17-19-35-20-18-31)24-7-5-22(6-8-24)13-15-30-16-14-23-3-1-2-4-25(23)21-30/h1-12H,13-21H2,(H,29,32). The van der Waals surface area contributed by atoms with Gasteiger partial charge in [-0.1, -0.05) is 36.4 Å². The zero-order chi connectivity index (χ0) is 25.0. The molecule has 2 aliphatic rings. The maximum atomic E-state index is 12.8. The molecule has 0 spiro atoms. The second kappa shape index (κ2) is 10.9. The highest BCUT2D eigenvalue weighted by atomic mass is 32.2. The first-order valence-corrected chi connectivity index (χ1v) is 13.8. The van der Waals surface area contributed by atoms with Crippen LogP contribution in [0.2, 0.25) is 0 Å². The van der Waals surface area contributed by atoms with E-state index in [4.69, 9.17) is 4.74 Å². The van der Waals surface area contributed by atoms with E-state index in [0.717, 1.165) is 32.5 Å². The molecule has 0 atom stereocenters. The molecule has 1 saturated heterocycles. The highest BCUT2D eigenvalue weighted by molar-refractivity contribution is 7.89. The van der Waals surface area contributed by atoms with Gasteiger partial charge in [0, 0.05) is 44.0 Å². The van der Waals surface area contributed by atoms with Gasteiger partial charge in [-0.25, -0.2) is 8.42 Å². The summed E-state index contributed by atoms with van der Waals surface area (Å²) in [6.07, 6.45) is 2.03. The summed E-state index contributed by atoms with van der Waals surface area (Å²) < 4.78 is 32.2. The molecule has 0 radical (unpaired) electrons. The number of sulfonamides is 1. The molecule has 3 aromatic carbocycles. The van der Waals surface area contributed by atoms with Gasteiger partial charge >= 0.3 is 0 Å². The Bertz CT molecular complexity index is 1300. The van der Waals surface area contributed by atoms with Crippen LogP contribution in [0.5, 0.6) is 0 Å². The van der Waals surface area contributed by atoms with Gasteiger partial charge in [-0.2, -0.15) is 4.31 Å². The van der Waals surface area contributed by atoms with E-state index in [1.54, 1.807) is 12.1 Å². The average Bonchev–Trinajstić information content (AvgIpc) is 2.93. The summed E-state index contributed by atoms with van der Waals surface area (Å²) in [6, 6.07) is 22.6. The van der Waals surface area contributed by atoms with Crippen LogP contribution in [0.15, 0.2) is 77.7 Å². The topological polar surface area (TPSA) is 79.0 Å². The molecular weight excluding hydrogens is 474 g/mol. The van der Waals surface area contributed by atoms with E-state index < -0.39 is 10.0 Å². The number of amides is 1. The molecule has 36 heavy (non-hydrogen) atoms. The second-order valence-electron chi connectivity index (χ2n) is 9.24. The maximum Gasteiger partial charge on any atom is 0.255 e. The summed E-state index contributed by atoms with van der Waals surface area (Å²) >= 11 is 0. The number of morpholine rings is 1. The molecular formula is C28H31N3O4S. The molecule has 0 aliphatic carbocycles. The molecule has 1 fully saturated rings. The lowest BCUT2D eigenvalue weighted by atomic mass is 9.99. The number of carbonyl (C=O) groups is 1. The van der Waals surface area contributed by atoms with Crippen LogP contribution < -0.4 is 5.32 Å². The summed E-state index contributed by atoms with van der Waals surface area (Å²) in [7, 11) is -3.56. The lowest BCUT2D eigenvalue weighted by Gasteiger charge is -2.28. The minimum atomic E-state index is -3.56. The van der Waals surface area contributed by atoms with Gasteiger partial charge in [-0.05, 0) is 65.9 Å². The van der Waals surface area contributed by atoms with Gasteiger partial charge in [0.1, 0.15) is 0 Å². The van der Waals surface area contributed by atoms with Crippen molar-refractivity contribution in [2.75, 3.05) is 44.7 Å². The van der Waals surface area contributed by atoms with Gasteiger partial charge < -0.3 is 10.1 Å². The second-order valence-corrected chi connectivity index (χ2v) is 11.2. The molecule has 3 aromatic rings. The van der Waals surface area contributed by atoms with Gasteiger partial charge in [0.25, 0.3) is 5.91 Å². The summed E-state index contributed by atoms with van der Waals surface area (Å²) in [6.45, 7) is 4.55. The van der Waals surface area contributed by atoms with Gasteiger partial charge in [-0.15, -0.1) is 0 Å². The van der Waals surface area contributed by atoms with Crippen LogP contribution in [0, 0.1) is 0 Å². The molecule has 0 unspecified atom stereocenters. The molecule has 0 aromatic heterocycles. The smallest absolute Gasteiger partial charge is 0.255 e. The minimum absolute atomic E-state index is 0.212. The van der Waals surface area contributed by atoms with E-state index >= 15 is 0 Å². The van der Waals surface area contributed by atoms with Crippen molar-refractivity contribution in [2.45, 2.75) is 24.3 Å². The number of benzene rings is 3. The first kappa shape index (κ1) is 24.6. The Kier molecular flexibility index (Phi) is 7.48. The van der Waals surface area contributed by atoms with Crippen molar-refractivity contribution in [2.24, 2.45) is 0 Å². The van der Waals surface area contributed by atoms with Crippen LogP contribution in [0.1, 0.15) is 27.0 Å². The molecule has 8 heteroatoms. The lowest BCUT2D eigenvalue weighted by molar-refractivity contribution is 0.0730. The summed E-state index contributed by atoms with van der Waals surface area (Å²) in [5.41, 5.74) is 5.19. The van der Waals surface area contributed by atoms with Crippen molar-refractivity contribution >= 4 is 21.6 Å². The van der Waals surface area contributed by atoms with Crippen LogP contribution in [0.4, 0.5) is 5.69 Å². The summed E-state index contributed by atoms with van der Waals surface area (Å²) in [5, 5.41) is 2.85. The van der Waals surface area contributed by atoms with Crippen LogP contribution in [-0.2, 0) is 34.1 Å². The molecule has 2 heterocycles. The number of fused-ring (bicyclic) bond motifs is 1. The molecule has 1 N–H and O–H groups in total. The number of nitrogens with zero attached hydrogens (tertiary/aromatic N) is 2. The van der Waals surface area contributed by atoms with Crippen LogP contribution in [-0.4, -0.2) is 62.9 Å². The first-order valence-electron chi connectivity index (χ1n) is 12.4. The number of rotatable bonds is 7. The molecule has 188 valence electrons. The SMILES string of the molecule is O=C(Nc1ccc(S(=O)(=O)N2CCOCC2)cc1)c1ccc(CCN2CCc3ccccc3C2)cc1. The fraction of sp³-hybridized carbons (Fsp3) is 0.321. The third-order valence-electron chi connectivity index (χ3n) is 6.86. The number of ether oxygens (including phenoxy) is 1. The van der Waals surface area contributed by atoms with Crippen molar-refractivity contribution < 1.29 is 17.9 Å². The number of anilines is 1. The third-order valence-corrected chi connectivity index (χ3v) is 8.78. The Labute approximate surface area is 212 Å². The number of hydrogen-bond donors (Lipinski definition) is 1. The fourth-order valence-electron chi connectivity index (χ4n) is 4.70. The highest BCUT2D eigenvalue weighted by Gasteiger charge is 2.26. The summed E-state index contributed by atoms with van der Waals surface area (Å²) in [5.74, 6) is -0.224. The molecule has 0 saturated carbocycles. The summed E-state index contributed by atoms with van der Waals surface area (Å²) in [4.78, 5) is 15.4. The number of nitrogens with one attached hydrogen (secondary N) is 1. The molecule has 7 nitrogen and oxygen atoms in total. The number of carbonyl (C=O) groups excluding carboxylic acids is 1. The van der Waals surface area contributed by atoms with Crippen molar-refractivity contribution in [1.82, 2.24) is 9.21 Å². The Hall–Kier alpha value is -3.04. The lowest BCUT2D eigenvalue weighted by Crippen LogP contribution is -2.40. The van der Waals surface area contributed by atoms with Crippen molar-refractivity contribution in [3.8, 4) is 0 Å². The van der Waals surface area contributed by atoms with E-state index in [1.165, 1.54) is 33.1 Å². The zero-order valence-corrected chi connectivity index (χ0v) is 21.0. The van der Waals surface area contributed by atoms with Crippen LogP contribution >= 0.6 is 0 Å². The van der Waals surface area contributed by atoms with Crippen molar-refractivity contribution in [3.05, 3.63) is 95.1 Å². The Morgan fingerprint density at radius 2 is 1.56 bits per heavy atom. The molecule has 2 aliphatic heterocycles. The molecule has 0 bridgehead atoms. The van der Waals surface area contributed by atoms with E-state index in [-0.39, 0.29) is 10.8 Å². The largest absolute Gasteiger partial charge is 0.379 e. The van der Waals surface area contributed by atoms with Gasteiger partial charge in [0.2, 0.25) is 10.0 Å². The van der Waals surface area contributed by atoms with Crippen molar-refractivity contribution in [3.63, 3.8) is 0 Å². The third kappa shape index (κ3) is 5.68. The van der Waals surface area contributed by atoms with Gasteiger partial charge in [-0.3, -0.25) is 9.69 Å². The zero-order valence-electron chi connectivity index (χ0n) is 20.2. The van der Waals surface area contributed by atoms with Crippen LogP contribution in [0.25, 0.3) is 0 Å². The van der Waals surface area contributed by atoms with E-state index in [0.29, 0.717) is 37.6 Å². The molecule has 5 rings (SSSR count). The number of hydrogen-bond acceptors (Lipinski definition) is 5.